The third kappa shape index (κ3) is 4.32. The van der Waals surface area contributed by atoms with Crippen molar-refractivity contribution in [1.82, 2.24) is 15.3 Å². The summed E-state index contributed by atoms with van der Waals surface area (Å²) in [4.78, 5) is 43.4. The minimum absolute atomic E-state index is 0.0331. The summed E-state index contributed by atoms with van der Waals surface area (Å²) in [6, 6.07) is 14.9. The van der Waals surface area contributed by atoms with Gasteiger partial charge >= 0.3 is 0 Å². The van der Waals surface area contributed by atoms with Crippen LogP contribution in [0.3, 0.4) is 0 Å². The van der Waals surface area contributed by atoms with E-state index in [-0.39, 0.29) is 24.4 Å². The molecule has 38 heavy (non-hydrogen) atoms. The van der Waals surface area contributed by atoms with Crippen molar-refractivity contribution in [2.24, 2.45) is 0 Å². The number of hydrogen-bond donors (Lipinski definition) is 2. The van der Waals surface area contributed by atoms with Crippen LogP contribution in [0.4, 0.5) is 11.4 Å². The molecule has 2 N–H and O–H groups in total. The molecule has 3 amide bonds. The zero-order valence-corrected chi connectivity index (χ0v) is 22.3. The molecule has 2 aliphatic carbocycles. The van der Waals surface area contributed by atoms with Gasteiger partial charge in [-0.1, -0.05) is 37.8 Å². The number of hydrogen-bond acceptors (Lipinski definition) is 5. The fourth-order valence-electron chi connectivity index (χ4n) is 6.49. The molecule has 2 aromatic rings. The number of benzene rings is 2. The lowest BCUT2D eigenvalue weighted by Crippen LogP contribution is -2.61. The molecule has 8 nitrogen and oxygen atoms in total. The van der Waals surface area contributed by atoms with E-state index in [0.29, 0.717) is 16.2 Å². The predicted octanol–water partition coefficient (Wildman–Crippen LogP) is 4.83. The Morgan fingerprint density at radius 2 is 1.61 bits per heavy atom. The first-order valence-electron chi connectivity index (χ1n) is 13.7. The van der Waals surface area contributed by atoms with Crippen LogP contribution >= 0.6 is 12.2 Å². The minimum Gasteiger partial charge on any atom is -0.362 e. The number of thiocarbonyl (C=S) groups is 1. The van der Waals surface area contributed by atoms with Crippen LogP contribution < -0.4 is 15.6 Å². The second kappa shape index (κ2) is 10.0. The van der Waals surface area contributed by atoms with E-state index in [2.05, 4.69) is 10.7 Å². The minimum atomic E-state index is -0.482. The lowest BCUT2D eigenvalue weighted by Gasteiger charge is -2.50. The highest BCUT2D eigenvalue weighted by molar-refractivity contribution is 7.80. The Bertz CT molecular complexity index is 1270. The van der Waals surface area contributed by atoms with Gasteiger partial charge in [-0.05, 0) is 87.1 Å². The van der Waals surface area contributed by atoms with Crippen molar-refractivity contribution in [3.63, 3.8) is 0 Å². The van der Waals surface area contributed by atoms with Crippen LogP contribution in [0.15, 0.2) is 48.5 Å². The molecule has 9 heteroatoms. The Morgan fingerprint density at radius 3 is 2.34 bits per heavy atom. The van der Waals surface area contributed by atoms with Gasteiger partial charge in [0.1, 0.15) is 12.2 Å². The van der Waals surface area contributed by atoms with Gasteiger partial charge in [-0.25, -0.2) is 0 Å². The Labute approximate surface area is 228 Å². The lowest BCUT2D eigenvalue weighted by molar-refractivity contribution is -0.126. The Morgan fingerprint density at radius 1 is 0.921 bits per heavy atom. The van der Waals surface area contributed by atoms with Gasteiger partial charge in [-0.2, -0.15) is 5.01 Å². The summed E-state index contributed by atoms with van der Waals surface area (Å²) in [5, 5.41) is 5.27. The number of para-hydroxylation sites is 1. The average Bonchev–Trinajstić information content (AvgIpc) is 3.23. The van der Waals surface area contributed by atoms with Gasteiger partial charge < -0.3 is 10.2 Å². The van der Waals surface area contributed by atoms with Crippen LogP contribution in [0.1, 0.15) is 84.9 Å². The van der Waals surface area contributed by atoms with Gasteiger partial charge in [0.2, 0.25) is 0 Å². The molecular formula is C29H33N5O3S. The van der Waals surface area contributed by atoms with E-state index in [1.54, 1.807) is 12.1 Å². The molecule has 1 saturated heterocycles. The number of amides is 3. The molecule has 2 saturated carbocycles. The second-order valence-corrected chi connectivity index (χ2v) is 11.2. The molecule has 198 valence electrons. The maximum atomic E-state index is 13.7. The zero-order chi connectivity index (χ0) is 26.3. The van der Waals surface area contributed by atoms with E-state index >= 15 is 0 Å². The van der Waals surface area contributed by atoms with Gasteiger partial charge in [0.25, 0.3) is 17.7 Å². The summed E-state index contributed by atoms with van der Waals surface area (Å²) >= 11 is 5.57. The zero-order valence-electron chi connectivity index (χ0n) is 21.4. The fourth-order valence-corrected chi connectivity index (χ4v) is 6.85. The molecule has 2 aromatic carbocycles. The van der Waals surface area contributed by atoms with Gasteiger partial charge in [-0.3, -0.25) is 24.7 Å². The average molecular weight is 532 g/mol. The summed E-state index contributed by atoms with van der Waals surface area (Å²) in [5.41, 5.74) is 4.89. The summed E-state index contributed by atoms with van der Waals surface area (Å²) in [6.45, 7) is 0.205. The standard InChI is InChI=1S/C29H33N5O3S/c35-25-19-32(21-9-3-1-4-10-21)28(38)34(25)31-26(36)20-13-15-22(16-14-20)33-27(37)23-11-5-6-12-24(23)30-29(33)17-7-2-8-18-29/h5-6,11-16,21,30H,1-4,7-10,17-19H2,(H,31,36). The first kappa shape index (κ1) is 24.9. The fraction of sp³-hybridized carbons (Fsp3) is 0.448. The summed E-state index contributed by atoms with van der Waals surface area (Å²) in [5.74, 6) is -0.652. The number of fused-ring (bicyclic) bond motifs is 1. The number of carbonyl (C=O) groups is 3. The third-order valence-corrected chi connectivity index (χ3v) is 8.86. The van der Waals surface area contributed by atoms with Crippen LogP contribution in [-0.2, 0) is 4.79 Å². The second-order valence-electron chi connectivity index (χ2n) is 10.8. The summed E-state index contributed by atoms with van der Waals surface area (Å²) in [6.07, 6.45) is 10.5. The maximum absolute atomic E-state index is 13.7. The van der Waals surface area contributed by atoms with Gasteiger partial charge in [0.05, 0.1) is 5.56 Å². The molecule has 2 heterocycles. The van der Waals surface area contributed by atoms with Crippen molar-refractivity contribution in [2.75, 3.05) is 16.8 Å². The molecule has 1 spiro atoms. The molecular weight excluding hydrogens is 498 g/mol. The Balaban J connectivity index is 1.20. The SMILES string of the molecule is O=C(NN1C(=O)CN(C2CCCCC2)C1=S)c1ccc(N2C(=O)c3ccccc3NC23CCCCC3)cc1. The van der Waals surface area contributed by atoms with E-state index in [0.717, 1.165) is 69.2 Å². The van der Waals surface area contributed by atoms with Crippen molar-refractivity contribution in [2.45, 2.75) is 75.9 Å². The highest BCUT2D eigenvalue weighted by atomic mass is 32.1. The normalized spacial score (nSPS) is 21.5. The summed E-state index contributed by atoms with van der Waals surface area (Å²) < 4.78 is 0. The number of rotatable bonds is 4. The Kier molecular flexibility index (Phi) is 6.55. The van der Waals surface area contributed by atoms with Crippen LogP contribution in [-0.4, -0.2) is 51.0 Å². The van der Waals surface area contributed by atoms with E-state index in [1.165, 1.54) is 11.4 Å². The quantitative estimate of drug-likeness (QED) is 0.550. The summed E-state index contributed by atoms with van der Waals surface area (Å²) in [7, 11) is 0. The molecule has 0 radical (unpaired) electrons. The van der Waals surface area contributed by atoms with E-state index in [9.17, 15) is 14.4 Å². The molecule has 0 aromatic heterocycles. The number of anilines is 2. The first-order chi connectivity index (χ1) is 18.5. The number of hydrazine groups is 1. The molecule has 4 aliphatic rings. The molecule has 0 bridgehead atoms. The number of nitrogens with one attached hydrogen (secondary N) is 2. The predicted molar refractivity (Wildman–Crippen MR) is 150 cm³/mol. The largest absolute Gasteiger partial charge is 0.362 e. The molecule has 0 unspecified atom stereocenters. The van der Waals surface area contributed by atoms with E-state index < -0.39 is 11.6 Å². The maximum Gasteiger partial charge on any atom is 0.270 e. The molecule has 3 fully saturated rings. The molecule has 0 atom stereocenters. The number of nitrogens with zero attached hydrogens (tertiary/aromatic N) is 3. The third-order valence-electron chi connectivity index (χ3n) is 8.45. The molecule has 2 aliphatic heterocycles. The van der Waals surface area contributed by atoms with E-state index in [1.807, 2.05) is 46.2 Å². The Hall–Kier alpha value is -3.46. The van der Waals surface area contributed by atoms with E-state index in [4.69, 9.17) is 12.2 Å². The topological polar surface area (TPSA) is 85.0 Å². The van der Waals surface area contributed by atoms with Crippen LogP contribution in [0.2, 0.25) is 0 Å². The smallest absolute Gasteiger partial charge is 0.270 e. The van der Waals surface area contributed by atoms with Gasteiger partial charge in [-0.15, -0.1) is 0 Å². The highest BCUT2D eigenvalue weighted by Gasteiger charge is 2.46. The highest BCUT2D eigenvalue weighted by Crippen LogP contribution is 2.42. The van der Waals surface area contributed by atoms with Crippen LogP contribution in [0, 0.1) is 0 Å². The van der Waals surface area contributed by atoms with Gasteiger partial charge in [0.15, 0.2) is 5.11 Å². The van der Waals surface area contributed by atoms with Crippen LogP contribution in [0.5, 0.6) is 0 Å². The van der Waals surface area contributed by atoms with Crippen molar-refractivity contribution in [3.8, 4) is 0 Å². The lowest BCUT2D eigenvalue weighted by atomic mass is 9.84. The van der Waals surface area contributed by atoms with Crippen molar-refractivity contribution >= 4 is 46.4 Å². The number of carbonyl (C=O) groups excluding carboxylic acids is 3. The van der Waals surface area contributed by atoms with Crippen molar-refractivity contribution in [3.05, 3.63) is 59.7 Å². The van der Waals surface area contributed by atoms with Crippen molar-refractivity contribution in [1.29, 1.82) is 0 Å². The van der Waals surface area contributed by atoms with Crippen molar-refractivity contribution < 1.29 is 14.4 Å². The van der Waals surface area contributed by atoms with Crippen LogP contribution in [0.25, 0.3) is 0 Å². The van der Waals surface area contributed by atoms with Gasteiger partial charge in [0, 0.05) is 23.0 Å². The first-order valence-corrected chi connectivity index (χ1v) is 14.1. The monoisotopic (exact) mass is 531 g/mol. The molecule has 6 rings (SSSR count).